The predicted octanol–water partition coefficient (Wildman–Crippen LogP) is 2.63. The van der Waals surface area contributed by atoms with Gasteiger partial charge in [0.1, 0.15) is 5.75 Å². The fourth-order valence-electron chi connectivity index (χ4n) is 2.42. The molecule has 2 aromatic carbocycles. The van der Waals surface area contributed by atoms with Crippen LogP contribution in [0, 0.1) is 0 Å². The summed E-state index contributed by atoms with van der Waals surface area (Å²) < 4.78 is 5.57. The van der Waals surface area contributed by atoms with Crippen LogP contribution in [-0.4, -0.2) is 12.4 Å². The number of hydrogen-bond donors (Lipinski definition) is 1. The normalized spacial score (nSPS) is 12.8. The molecule has 3 heteroatoms. The Labute approximate surface area is 112 Å². The number of hydrogen-bond acceptors (Lipinski definition) is 3. The number of rotatable bonds is 3. The molecule has 2 N–H and O–H groups in total. The van der Waals surface area contributed by atoms with E-state index in [-0.39, 0.29) is 5.78 Å². The quantitative estimate of drug-likeness (QED) is 0.675. The average Bonchev–Trinajstić information content (AvgIpc) is 2.86. The van der Waals surface area contributed by atoms with Gasteiger partial charge >= 0.3 is 0 Å². The number of nitrogen functional groups attached to an aromatic ring is 1. The molecule has 1 heterocycles. The molecule has 0 atom stereocenters. The molecule has 0 spiro atoms. The Morgan fingerprint density at radius 3 is 2.89 bits per heavy atom. The van der Waals surface area contributed by atoms with Crippen LogP contribution in [0.4, 0.5) is 5.69 Å². The predicted molar refractivity (Wildman–Crippen MR) is 74.5 cm³/mol. The maximum absolute atomic E-state index is 12.4. The maximum Gasteiger partial charge on any atom is 0.170 e. The van der Waals surface area contributed by atoms with Crippen LogP contribution >= 0.6 is 0 Å². The monoisotopic (exact) mass is 253 g/mol. The first-order valence-corrected chi connectivity index (χ1v) is 6.36. The van der Waals surface area contributed by atoms with Gasteiger partial charge in [0.25, 0.3) is 0 Å². The second kappa shape index (κ2) is 4.76. The number of nitrogens with two attached hydrogens (primary N) is 1. The molecule has 96 valence electrons. The molecule has 0 amide bonds. The van der Waals surface area contributed by atoms with Gasteiger partial charge in [-0.2, -0.15) is 0 Å². The summed E-state index contributed by atoms with van der Waals surface area (Å²) in [4.78, 5) is 12.4. The number of ether oxygens (including phenoxy) is 1. The smallest absolute Gasteiger partial charge is 0.170 e. The van der Waals surface area contributed by atoms with Crippen molar-refractivity contribution in [3.8, 4) is 5.75 Å². The van der Waals surface area contributed by atoms with Gasteiger partial charge in [-0.1, -0.05) is 24.3 Å². The Hall–Kier alpha value is -2.29. The fourth-order valence-corrected chi connectivity index (χ4v) is 2.42. The lowest BCUT2D eigenvalue weighted by Crippen LogP contribution is -2.06. The molecule has 1 aliphatic rings. The SMILES string of the molecule is Nc1cccc(CC(=O)c2cccc3c2OCC3)c1. The molecule has 0 saturated heterocycles. The van der Waals surface area contributed by atoms with Gasteiger partial charge in [-0.3, -0.25) is 4.79 Å². The van der Waals surface area contributed by atoms with Crippen LogP contribution in [0.25, 0.3) is 0 Å². The van der Waals surface area contributed by atoms with Gasteiger partial charge in [0.05, 0.1) is 12.2 Å². The molecule has 0 unspecified atom stereocenters. The number of carbonyl (C=O) groups excluding carboxylic acids is 1. The second-order valence-corrected chi connectivity index (χ2v) is 4.74. The molecule has 2 aromatic rings. The molecule has 0 radical (unpaired) electrons. The third kappa shape index (κ3) is 2.32. The molecule has 0 fully saturated rings. The molecular weight excluding hydrogens is 238 g/mol. The van der Waals surface area contributed by atoms with Crippen molar-refractivity contribution in [1.82, 2.24) is 0 Å². The first kappa shape index (κ1) is 11.8. The van der Waals surface area contributed by atoms with Gasteiger partial charge in [0.15, 0.2) is 5.78 Å². The van der Waals surface area contributed by atoms with Crippen LogP contribution in [-0.2, 0) is 12.8 Å². The van der Waals surface area contributed by atoms with Crippen molar-refractivity contribution in [3.63, 3.8) is 0 Å². The standard InChI is InChI=1S/C16H15NO2/c17-13-5-1-3-11(9-13)10-15(18)14-6-2-4-12-7-8-19-16(12)14/h1-6,9H,7-8,10,17H2. The summed E-state index contributed by atoms with van der Waals surface area (Å²) in [6, 6.07) is 13.2. The van der Waals surface area contributed by atoms with E-state index in [0.717, 1.165) is 23.3 Å². The average molecular weight is 253 g/mol. The topological polar surface area (TPSA) is 52.3 Å². The molecule has 1 aliphatic heterocycles. The van der Waals surface area contributed by atoms with Crippen molar-refractivity contribution in [2.75, 3.05) is 12.3 Å². The summed E-state index contributed by atoms with van der Waals surface area (Å²) in [5, 5.41) is 0. The highest BCUT2D eigenvalue weighted by molar-refractivity contribution is 6.00. The van der Waals surface area contributed by atoms with E-state index in [2.05, 4.69) is 0 Å². The first-order valence-electron chi connectivity index (χ1n) is 6.36. The number of Topliss-reactive ketones (excluding diaryl/α,β-unsaturated/α-hetero) is 1. The molecule has 19 heavy (non-hydrogen) atoms. The van der Waals surface area contributed by atoms with Gasteiger partial charge < -0.3 is 10.5 Å². The summed E-state index contributed by atoms with van der Waals surface area (Å²) in [5.74, 6) is 0.834. The van der Waals surface area contributed by atoms with Crippen LogP contribution in [0.5, 0.6) is 5.75 Å². The minimum Gasteiger partial charge on any atom is -0.492 e. The number of anilines is 1. The van der Waals surface area contributed by atoms with E-state index in [4.69, 9.17) is 10.5 Å². The van der Waals surface area contributed by atoms with Gasteiger partial charge in [0, 0.05) is 18.5 Å². The molecule has 0 bridgehead atoms. The first-order chi connectivity index (χ1) is 9.24. The van der Waals surface area contributed by atoms with Crippen molar-refractivity contribution in [2.24, 2.45) is 0 Å². The van der Waals surface area contributed by atoms with Crippen molar-refractivity contribution in [2.45, 2.75) is 12.8 Å². The van der Waals surface area contributed by atoms with E-state index >= 15 is 0 Å². The highest BCUT2D eigenvalue weighted by Crippen LogP contribution is 2.30. The fraction of sp³-hybridized carbons (Fsp3) is 0.188. The summed E-state index contributed by atoms with van der Waals surface area (Å²) in [6.45, 7) is 0.665. The Balaban J connectivity index is 1.87. The number of ketones is 1. The third-order valence-electron chi connectivity index (χ3n) is 3.33. The van der Waals surface area contributed by atoms with Gasteiger partial charge in [-0.15, -0.1) is 0 Å². The Bertz CT molecular complexity index is 634. The molecule has 0 aromatic heterocycles. The summed E-state index contributed by atoms with van der Waals surface area (Å²) >= 11 is 0. The lowest BCUT2D eigenvalue weighted by Gasteiger charge is -2.07. The number of carbonyl (C=O) groups is 1. The number of fused-ring (bicyclic) bond motifs is 1. The second-order valence-electron chi connectivity index (χ2n) is 4.74. The van der Waals surface area contributed by atoms with Crippen LogP contribution in [0.1, 0.15) is 21.5 Å². The van der Waals surface area contributed by atoms with Crippen LogP contribution in [0.15, 0.2) is 42.5 Å². The summed E-state index contributed by atoms with van der Waals surface area (Å²) in [5.41, 5.74) is 9.14. The Kier molecular flexibility index (Phi) is 2.95. The van der Waals surface area contributed by atoms with Gasteiger partial charge in [-0.25, -0.2) is 0 Å². The van der Waals surface area contributed by atoms with E-state index in [1.54, 1.807) is 0 Å². The molecule has 0 aliphatic carbocycles. The third-order valence-corrected chi connectivity index (χ3v) is 3.33. The zero-order chi connectivity index (χ0) is 13.2. The van der Waals surface area contributed by atoms with E-state index in [1.807, 2.05) is 42.5 Å². The van der Waals surface area contributed by atoms with Crippen LogP contribution in [0.3, 0.4) is 0 Å². The van der Waals surface area contributed by atoms with Gasteiger partial charge in [-0.05, 0) is 29.3 Å². The van der Waals surface area contributed by atoms with Gasteiger partial charge in [0.2, 0.25) is 0 Å². The van der Waals surface area contributed by atoms with Crippen molar-refractivity contribution in [1.29, 1.82) is 0 Å². The number of para-hydroxylation sites is 1. The Morgan fingerprint density at radius 2 is 2.05 bits per heavy atom. The zero-order valence-corrected chi connectivity index (χ0v) is 10.6. The minimum atomic E-state index is 0.0735. The van der Waals surface area contributed by atoms with Crippen LogP contribution < -0.4 is 10.5 Å². The number of benzene rings is 2. The van der Waals surface area contributed by atoms with Crippen molar-refractivity contribution >= 4 is 11.5 Å². The van der Waals surface area contributed by atoms with E-state index in [0.29, 0.717) is 24.3 Å². The van der Waals surface area contributed by atoms with E-state index in [9.17, 15) is 4.79 Å². The molecule has 0 saturated carbocycles. The largest absolute Gasteiger partial charge is 0.492 e. The van der Waals surface area contributed by atoms with Crippen molar-refractivity contribution in [3.05, 3.63) is 59.2 Å². The van der Waals surface area contributed by atoms with E-state index in [1.165, 1.54) is 0 Å². The molecule has 3 nitrogen and oxygen atoms in total. The van der Waals surface area contributed by atoms with E-state index < -0.39 is 0 Å². The van der Waals surface area contributed by atoms with Crippen molar-refractivity contribution < 1.29 is 9.53 Å². The minimum absolute atomic E-state index is 0.0735. The maximum atomic E-state index is 12.4. The summed E-state index contributed by atoms with van der Waals surface area (Å²) in [7, 11) is 0. The Morgan fingerprint density at radius 1 is 1.21 bits per heavy atom. The summed E-state index contributed by atoms with van der Waals surface area (Å²) in [6.07, 6.45) is 1.24. The molecule has 3 rings (SSSR count). The highest BCUT2D eigenvalue weighted by atomic mass is 16.5. The molecular formula is C16H15NO2. The lowest BCUT2D eigenvalue weighted by atomic mass is 9.99. The zero-order valence-electron chi connectivity index (χ0n) is 10.6. The van der Waals surface area contributed by atoms with Crippen LogP contribution in [0.2, 0.25) is 0 Å². The highest BCUT2D eigenvalue weighted by Gasteiger charge is 2.20. The lowest BCUT2D eigenvalue weighted by molar-refractivity contribution is 0.0990.